The summed E-state index contributed by atoms with van der Waals surface area (Å²) in [7, 11) is 0. The standard InChI is InChI=1S/C6H13N3O5/c1-2-3-4-7(8(10)11)5-6-14-9(12)13/h2-6H2,1H3. The first-order valence-corrected chi connectivity index (χ1v) is 4.24. The molecule has 0 radical (unpaired) electrons. The van der Waals surface area contributed by atoms with E-state index in [0.29, 0.717) is 6.42 Å². The lowest BCUT2D eigenvalue weighted by molar-refractivity contribution is -0.761. The Morgan fingerprint density at radius 3 is 2.36 bits per heavy atom. The van der Waals surface area contributed by atoms with E-state index in [1.54, 1.807) is 0 Å². The van der Waals surface area contributed by atoms with Crippen molar-refractivity contribution in [1.29, 1.82) is 0 Å². The van der Waals surface area contributed by atoms with E-state index in [1.165, 1.54) is 0 Å². The highest BCUT2D eigenvalue weighted by Crippen LogP contribution is 1.95. The minimum absolute atomic E-state index is 0.0754. The van der Waals surface area contributed by atoms with Gasteiger partial charge in [-0.2, -0.15) is 0 Å². The Balaban J connectivity index is 3.73. The first-order chi connectivity index (χ1) is 6.57. The third kappa shape index (κ3) is 5.98. The number of hydrogen-bond donors (Lipinski definition) is 0. The van der Waals surface area contributed by atoms with E-state index < -0.39 is 10.1 Å². The molecule has 0 spiro atoms. The molecule has 0 unspecified atom stereocenters. The highest BCUT2D eigenvalue weighted by atomic mass is 16.9. The predicted molar refractivity (Wildman–Crippen MR) is 46.4 cm³/mol. The minimum Gasteiger partial charge on any atom is -0.312 e. The van der Waals surface area contributed by atoms with Crippen LogP contribution in [0.1, 0.15) is 19.8 Å². The lowest BCUT2D eigenvalue weighted by atomic mass is 10.3. The maximum atomic E-state index is 10.4. The van der Waals surface area contributed by atoms with Gasteiger partial charge in [0, 0.05) is 0 Å². The Bertz CT molecular complexity index is 198. The van der Waals surface area contributed by atoms with Gasteiger partial charge in [-0.25, -0.2) is 10.1 Å². The van der Waals surface area contributed by atoms with Crippen LogP contribution < -0.4 is 0 Å². The molecule has 0 N–H and O–H groups in total. The summed E-state index contributed by atoms with van der Waals surface area (Å²) in [5.41, 5.74) is 0. The van der Waals surface area contributed by atoms with Gasteiger partial charge in [-0.1, -0.05) is 13.3 Å². The molecule has 0 rings (SSSR count). The van der Waals surface area contributed by atoms with Crippen molar-refractivity contribution < 1.29 is 15.0 Å². The fourth-order valence-corrected chi connectivity index (χ4v) is 0.836. The second kappa shape index (κ2) is 6.87. The van der Waals surface area contributed by atoms with Gasteiger partial charge in [-0.05, 0) is 6.42 Å². The largest absolute Gasteiger partial charge is 0.312 e. The van der Waals surface area contributed by atoms with Gasteiger partial charge in [-0.15, -0.1) is 15.1 Å². The number of nitrogens with zero attached hydrogens (tertiary/aromatic N) is 3. The molecular weight excluding hydrogens is 194 g/mol. The van der Waals surface area contributed by atoms with E-state index in [0.717, 1.165) is 11.4 Å². The monoisotopic (exact) mass is 207 g/mol. The van der Waals surface area contributed by atoms with Crippen molar-refractivity contribution in [2.45, 2.75) is 19.8 Å². The minimum atomic E-state index is -0.960. The van der Waals surface area contributed by atoms with Crippen LogP contribution >= 0.6 is 0 Å². The summed E-state index contributed by atoms with van der Waals surface area (Å²) in [5.74, 6) is 0. The molecule has 0 amide bonds. The third-order valence-corrected chi connectivity index (χ3v) is 1.55. The summed E-state index contributed by atoms with van der Waals surface area (Å²) in [6, 6.07) is 0. The van der Waals surface area contributed by atoms with Gasteiger partial charge in [-0.3, -0.25) is 0 Å². The van der Waals surface area contributed by atoms with E-state index in [2.05, 4.69) is 4.84 Å². The van der Waals surface area contributed by atoms with E-state index in [1.807, 2.05) is 6.92 Å². The van der Waals surface area contributed by atoms with E-state index >= 15 is 0 Å². The second-order valence-corrected chi connectivity index (χ2v) is 2.60. The van der Waals surface area contributed by atoms with Crippen molar-refractivity contribution in [3.05, 3.63) is 20.2 Å². The highest BCUT2D eigenvalue weighted by Gasteiger charge is 2.13. The van der Waals surface area contributed by atoms with Crippen molar-refractivity contribution >= 4 is 0 Å². The summed E-state index contributed by atoms with van der Waals surface area (Å²) in [6.45, 7) is 1.84. The second-order valence-electron chi connectivity index (χ2n) is 2.60. The van der Waals surface area contributed by atoms with E-state index in [-0.39, 0.29) is 19.7 Å². The van der Waals surface area contributed by atoms with Gasteiger partial charge in [0.25, 0.3) is 5.09 Å². The molecule has 0 aromatic heterocycles. The van der Waals surface area contributed by atoms with Crippen LogP contribution in [0.25, 0.3) is 0 Å². The predicted octanol–water partition coefficient (Wildman–Crippen LogP) is 0.489. The molecule has 0 aromatic carbocycles. The number of hydrazine groups is 1. The van der Waals surface area contributed by atoms with E-state index in [9.17, 15) is 20.2 Å². The molecule has 0 aliphatic heterocycles. The van der Waals surface area contributed by atoms with Crippen LogP contribution in [0.15, 0.2) is 0 Å². The zero-order chi connectivity index (χ0) is 11.0. The van der Waals surface area contributed by atoms with Crippen LogP contribution in [0, 0.1) is 20.2 Å². The first-order valence-electron chi connectivity index (χ1n) is 4.24. The summed E-state index contributed by atoms with van der Waals surface area (Å²) >= 11 is 0. The zero-order valence-corrected chi connectivity index (χ0v) is 7.92. The Morgan fingerprint density at radius 2 is 1.93 bits per heavy atom. The smallest absolute Gasteiger partial charge is 0.294 e. The van der Waals surface area contributed by atoms with Gasteiger partial charge < -0.3 is 4.84 Å². The molecule has 0 saturated carbocycles. The fourth-order valence-electron chi connectivity index (χ4n) is 0.836. The number of hydrogen-bond acceptors (Lipinski definition) is 5. The van der Waals surface area contributed by atoms with Crippen molar-refractivity contribution in [1.82, 2.24) is 5.01 Å². The molecule has 0 aliphatic carbocycles. The normalized spacial score (nSPS) is 9.50. The molecule has 0 heterocycles. The molecule has 0 saturated heterocycles. The summed E-state index contributed by atoms with van der Waals surface area (Å²) < 4.78 is 0. The van der Waals surface area contributed by atoms with Crippen molar-refractivity contribution in [3.63, 3.8) is 0 Å². The van der Waals surface area contributed by atoms with Gasteiger partial charge in [0.1, 0.15) is 13.2 Å². The Hall–Kier alpha value is -1.60. The van der Waals surface area contributed by atoms with Crippen LogP contribution in [0.5, 0.6) is 0 Å². The quantitative estimate of drug-likeness (QED) is 0.424. The van der Waals surface area contributed by atoms with Crippen molar-refractivity contribution in [2.24, 2.45) is 0 Å². The average molecular weight is 207 g/mol. The SMILES string of the molecule is CCCCN(CCO[N+](=O)[O-])[N+](=O)[O-]. The third-order valence-electron chi connectivity index (χ3n) is 1.55. The Labute approximate surface area is 80.7 Å². The molecule has 0 bridgehead atoms. The maximum Gasteiger partial charge on any atom is 0.294 e. The number of nitro groups is 1. The van der Waals surface area contributed by atoms with Gasteiger partial charge in [0.2, 0.25) is 0 Å². The van der Waals surface area contributed by atoms with Gasteiger partial charge >= 0.3 is 0 Å². The molecule has 0 fully saturated rings. The Morgan fingerprint density at radius 1 is 1.29 bits per heavy atom. The Kier molecular flexibility index (Phi) is 6.08. The molecule has 82 valence electrons. The molecule has 8 nitrogen and oxygen atoms in total. The van der Waals surface area contributed by atoms with Crippen LogP contribution in [0.4, 0.5) is 0 Å². The van der Waals surface area contributed by atoms with Crippen LogP contribution in [0.2, 0.25) is 0 Å². The molecule has 8 heteroatoms. The summed E-state index contributed by atoms with van der Waals surface area (Å²) in [6.07, 6.45) is 1.51. The average Bonchev–Trinajstić information content (AvgIpc) is 2.09. The zero-order valence-electron chi connectivity index (χ0n) is 7.92. The molecule has 0 aromatic rings. The molecule has 0 aliphatic rings. The molecule has 14 heavy (non-hydrogen) atoms. The maximum absolute atomic E-state index is 10.4. The first kappa shape index (κ1) is 12.4. The van der Waals surface area contributed by atoms with Gasteiger partial charge in [0.05, 0.1) is 6.54 Å². The van der Waals surface area contributed by atoms with Crippen LogP contribution in [0.3, 0.4) is 0 Å². The van der Waals surface area contributed by atoms with Crippen molar-refractivity contribution in [3.8, 4) is 0 Å². The molecular formula is C6H13N3O5. The topological polar surface area (TPSA) is 98.8 Å². The van der Waals surface area contributed by atoms with E-state index in [4.69, 9.17) is 0 Å². The summed E-state index contributed by atoms with van der Waals surface area (Å²) in [4.78, 5) is 24.1. The highest BCUT2D eigenvalue weighted by molar-refractivity contribution is 4.44. The lowest BCUT2D eigenvalue weighted by Crippen LogP contribution is -2.34. The van der Waals surface area contributed by atoms with Crippen LogP contribution in [-0.2, 0) is 4.84 Å². The summed E-state index contributed by atoms with van der Waals surface area (Å²) in [5, 5.41) is 19.5. The number of unbranched alkanes of at least 4 members (excludes halogenated alkanes) is 1. The lowest BCUT2D eigenvalue weighted by Gasteiger charge is -2.12. The van der Waals surface area contributed by atoms with Gasteiger partial charge in [0.15, 0.2) is 5.03 Å². The van der Waals surface area contributed by atoms with Crippen molar-refractivity contribution in [2.75, 3.05) is 19.7 Å². The van der Waals surface area contributed by atoms with Crippen LogP contribution in [-0.4, -0.2) is 34.8 Å². The molecule has 0 atom stereocenters. The fraction of sp³-hybridized carbons (Fsp3) is 1.00. The number of rotatable bonds is 8.